The van der Waals surface area contributed by atoms with Crippen LogP contribution in [0.5, 0.6) is 0 Å². The SMILES string of the molecule is CCCCCCCCCCCCS[C@@H]1O[C@H](COC(C)=O)[C@@H](OC(C)=O)[C@H](OC(C)=O)[C@H]1NC(C)=O. The molecule has 1 aliphatic rings. The molecule has 1 saturated heterocycles. The number of hydrogen-bond donors (Lipinski definition) is 1. The summed E-state index contributed by atoms with van der Waals surface area (Å²) in [6, 6.07) is -0.738. The van der Waals surface area contributed by atoms with Gasteiger partial charge in [-0.15, -0.1) is 11.8 Å². The quantitative estimate of drug-likeness (QED) is 0.167. The first kappa shape index (κ1) is 32.2. The Balaban J connectivity index is 2.77. The van der Waals surface area contributed by atoms with Crippen LogP contribution in [-0.4, -0.2) is 66.0 Å². The molecule has 0 saturated carbocycles. The monoisotopic (exact) mass is 531 g/mol. The van der Waals surface area contributed by atoms with E-state index in [0.717, 1.165) is 18.6 Å². The molecule has 9 nitrogen and oxygen atoms in total. The predicted molar refractivity (Wildman–Crippen MR) is 138 cm³/mol. The van der Waals surface area contributed by atoms with Crippen LogP contribution in [0.25, 0.3) is 0 Å². The van der Waals surface area contributed by atoms with Crippen LogP contribution in [0.4, 0.5) is 0 Å². The highest BCUT2D eigenvalue weighted by Gasteiger charge is 2.50. The number of thioether (sulfide) groups is 1. The first-order chi connectivity index (χ1) is 17.1. The first-order valence-electron chi connectivity index (χ1n) is 13.2. The molecular formula is C26H45NO8S. The lowest BCUT2D eigenvalue weighted by molar-refractivity contribution is -0.211. The fourth-order valence-electron chi connectivity index (χ4n) is 4.22. The molecule has 10 heteroatoms. The number of ether oxygens (including phenoxy) is 4. The lowest BCUT2D eigenvalue weighted by Crippen LogP contribution is -2.65. The molecule has 0 radical (unpaired) electrons. The maximum Gasteiger partial charge on any atom is 0.303 e. The Hall–Kier alpha value is -1.81. The van der Waals surface area contributed by atoms with Gasteiger partial charge in [0, 0.05) is 27.7 Å². The van der Waals surface area contributed by atoms with Gasteiger partial charge in [-0.3, -0.25) is 19.2 Å². The number of hydrogen-bond acceptors (Lipinski definition) is 9. The van der Waals surface area contributed by atoms with Crippen molar-refractivity contribution in [2.45, 2.75) is 129 Å². The van der Waals surface area contributed by atoms with Crippen LogP contribution in [0.3, 0.4) is 0 Å². The fourth-order valence-corrected chi connectivity index (χ4v) is 5.48. The summed E-state index contributed by atoms with van der Waals surface area (Å²) in [7, 11) is 0. The maximum atomic E-state index is 12.0. The molecule has 1 rings (SSSR count). The van der Waals surface area contributed by atoms with Gasteiger partial charge < -0.3 is 24.3 Å². The van der Waals surface area contributed by atoms with Gasteiger partial charge in [0.2, 0.25) is 5.91 Å². The predicted octanol–water partition coefficient (Wildman–Crippen LogP) is 4.30. The second-order valence-corrected chi connectivity index (χ2v) is 10.5. The van der Waals surface area contributed by atoms with E-state index in [1.807, 2.05) is 0 Å². The normalized spacial score (nSPS) is 23.5. The van der Waals surface area contributed by atoms with Crippen LogP contribution < -0.4 is 5.32 Å². The number of unbranched alkanes of at least 4 members (excludes halogenated alkanes) is 9. The Kier molecular flexibility index (Phi) is 16.5. The summed E-state index contributed by atoms with van der Waals surface area (Å²) in [4.78, 5) is 47.1. The van der Waals surface area contributed by atoms with Crippen LogP contribution in [0.1, 0.15) is 98.8 Å². The van der Waals surface area contributed by atoms with Gasteiger partial charge in [-0.1, -0.05) is 64.7 Å². The summed E-state index contributed by atoms with van der Waals surface area (Å²) >= 11 is 1.51. The molecule has 0 aromatic heterocycles. The summed E-state index contributed by atoms with van der Waals surface area (Å²) in [5.74, 6) is -1.25. The molecule has 0 spiro atoms. The minimum atomic E-state index is -1.04. The molecule has 0 bridgehead atoms. The topological polar surface area (TPSA) is 117 Å². The molecule has 0 aromatic carbocycles. The summed E-state index contributed by atoms with van der Waals surface area (Å²) in [5.41, 5.74) is -0.579. The fraction of sp³-hybridized carbons (Fsp3) is 0.846. The summed E-state index contributed by atoms with van der Waals surface area (Å²) in [6.07, 6.45) is 9.40. The van der Waals surface area contributed by atoms with Gasteiger partial charge >= 0.3 is 17.9 Å². The van der Waals surface area contributed by atoms with E-state index in [2.05, 4.69) is 12.2 Å². The van der Waals surface area contributed by atoms with E-state index < -0.39 is 47.7 Å². The highest BCUT2D eigenvalue weighted by atomic mass is 32.2. The van der Waals surface area contributed by atoms with Crippen molar-refractivity contribution in [3.05, 3.63) is 0 Å². The van der Waals surface area contributed by atoms with E-state index in [1.165, 1.54) is 90.8 Å². The molecule has 208 valence electrons. The van der Waals surface area contributed by atoms with Crippen molar-refractivity contribution in [1.82, 2.24) is 5.32 Å². The molecule has 1 heterocycles. The minimum Gasteiger partial charge on any atom is -0.463 e. The lowest BCUT2D eigenvalue weighted by Gasteiger charge is -2.45. The highest BCUT2D eigenvalue weighted by Crippen LogP contribution is 2.33. The van der Waals surface area contributed by atoms with Crippen molar-refractivity contribution < 1.29 is 38.1 Å². The van der Waals surface area contributed by atoms with Crippen molar-refractivity contribution in [3.63, 3.8) is 0 Å². The van der Waals surface area contributed by atoms with E-state index in [1.54, 1.807) is 0 Å². The number of nitrogens with one attached hydrogen (secondary N) is 1. The third kappa shape index (κ3) is 13.5. The standard InChI is InChI=1S/C26H45NO8S/c1-6-7-8-9-10-11-12-13-14-15-16-36-26-23(27-18(2)28)25(34-21(5)31)24(33-20(4)30)22(35-26)17-32-19(3)29/h22-26H,6-17H2,1-5H3,(H,27,28)/t22-,23-,24-,25-,26+/m1/s1. The van der Waals surface area contributed by atoms with Gasteiger partial charge in [0.05, 0.1) is 0 Å². The van der Waals surface area contributed by atoms with E-state index in [4.69, 9.17) is 18.9 Å². The molecule has 1 amide bonds. The molecule has 1 fully saturated rings. The van der Waals surface area contributed by atoms with E-state index in [9.17, 15) is 19.2 Å². The molecular weight excluding hydrogens is 486 g/mol. The second-order valence-electron chi connectivity index (χ2n) is 9.27. The molecule has 5 atom stereocenters. The third-order valence-electron chi connectivity index (χ3n) is 5.85. The second kappa shape index (κ2) is 18.4. The van der Waals surface area contributed by atoms with Crippen LogP contribution >= 0.6 is 11.8 Å². The average Bonchev–Trinajstić information content (AvgIpc) is 2.78. The Morgan fingerprint density at radius 2 is 1.28 bits per heavy atom. The smallest absolute Gasteiger partial charge is 0.303 e. The van der Waals surface area contributed by atoms with E-state index in [0.29, 0.717) is 0 Å². The van der Waals surface area contributed by atoms with Gasteiger partial charge in [-0.05, 0) is 12.2 Å². The largest absolute Gasteiger partial charge is 0.463 e. The number of esters is 3. The van der Waals surface area contributed by atoms with Gasteiger partial charge in [0.25, 0.3) is 0 Å². The van der Waals surface area contributed by atoms with Gasteiger partial charge in [0.15, 0.2) is 12.2 Å². The molecule has 0 aromatic rings. The van der Waals surface area contributed by atoms with Crippen molar-refractivity contribution >= 4 is 35.6 Å². The van der Waals surface area contributed by atoms with Crippen molar-refractivity contribution in [3.8, 4) is 0 Å². The van der Waals surface area contributed by atoms with E-state index >= 15 is 0 Å². The number of carbonyl (C=O) groups is 4. The zero-order valence-corrected chi connectivity index (χ0v) is 23.4. The zero-order valence-electron chi connectivity index (χ0n) is 22.5. The van der Waals surface area contributed by atoms with Crippen LogP contribution in [-0.2, 0) is 38.1 Å². The Labute approximate surface area is 220 Å². The zero-order chi connectivity index (χ0) is 26.9. The molecule has 0 aliphatic carbocycles. The highest BCUT2D eigenvalue weighted by molar-refractivity contribution is 7.99. The Morgan fingerprint density at radius 1 is 0.750 bits per heavy atom. The van der Waals surface area contributed by atoms with Crippen molar-refractivity contribution in [2.24, 2.45) is 0 Å². The van der Waals surface area contributed by atoms with Crippen molar-refractivity contribution in [1.29, 1.82) is 0 Å². The minimum absolute atomic E-state index is 0.173. The Morgan fingerprint density at radius 3 is 1.78 bits per heavy atom. The third-order valence-corrected chi connectivity index (χ3v) is 7.11. The molecule has 36 heavy (non-hydrogen) atoms. The average molecular weight is 532 g/mol. The van der Waals surface area contributed by atoms with Crippen LogP contribution in [0.15, 0.2) is 0 Å². The molecule has 0 unspecified atom stereocenters. The summed E-state index contributed by atoms with van der Waals surface area (Å²) in [5, 5.41) is 2.80. The maximum absolute atomic E-state index is 12.0. The van der Waals surface area contributed by atoms with Crippen LogP contribution in [0.2, 0.25) is 0 Å². The van der Waals surface area contributed by atoms with E-state index in [-0.39, 0.29) is 12.5 Å². The van der Waals surface area contributed by atoms with Gasteiger partial charge in [0.1, 0.15) is 24.2 Å². The summed E-state index contributed by atoms with van der Waals surface area (Å²) in [6.45, 7) is 7.16. The number of amides is 1. The molecule has 1 aliphatic heterocycles. The number of rotatable bonds is 17. The molecule has 1 N–H and O–H groups in total. The van der Waals surface area contributed by atoms with Gasteiger partial charge in [-0.2, -0.15) is 0 Å². The first-order valence-corrected chi connectivity index (χ1v) is 14.2. The Bertz CT molecular complexity index is 689. The lowest BCUT2D eigenvalue weighted by atomic mass is 9.97. The van der Waals surface area contributed by atoms with Crippen LogP contribution in [0, 0.1) is 0 Å². The van der Waals surface area contributed by atoms with Gasteiger partial charge in [-0.25, -0.2) is 0 Å². The summed E-state index contributed by atoms with van der Waals surface area (Å²) < 4.78 is 22.3. The van der Waals surface area contributed by atoms with Crippen molar-refractivity contribution in [2.75, 3.05) is 12.4 Å². The number of carbonyl (C=O) groups excluding carboxylic acids is 4.